The van der Waals surface area contributed by atoms with Crippen molar-refractivity contribution < 1.29 is 9.53 Å². The Labute approximate surface area is 256 Å². The van der Waals surface area contributed by atoms with Crippen LogP contribution in [0.3, 0.4) is 0 Å². The number of anilines is 1. The number of nitrogens with zero attached hydrogens (tertiary/aromatic N) is 2. The molecule has 5 nitrogen and oxygen atoms in total. The summed E-state index contributed by atoms with van der Waals surface area (Å²) in [6.45, 7) is 5.47. The molecular formula is C31H33Cl4N3O2. The van der Waals surface area contributed by atoms with Crippen LogP contribution in [-0.2, 0) is 6.54 Å². The van der Waals surface area contributed by atoms with Crippen molar-refractivity contribution in [3.63, 3.8) is 0 Å². The van der Waals surface area contributed by atoms with Crippen LogP contribution in [0.2, 0.25) is 20.1 Å². The molecule has 2 heterocycles. The van der Waals surface area contributed by atoms with E-state index in [1.807, 2.05) is 18.2 Å². The molecule has 0 spiro atoms. The van der Waals surface area contributed by atoms with Crippen LogP contribution >= 0.6 is 46.4 Å². The van der Waals surface area contributed by atoms with Crippen LogP contribution in [-0.4, -0.2) is 49.6 Å². The number of rotatable bonds is 8. The number of hydrogen-bond acceptors (Lipinski definition) is 4. The molecule has 1 amide bonds. The first-order valence-corrected chi connectivity index (χ1v) is 15.3. The maximum Gasteiger partial charge on any atom is 0.251 e. The van der Waals surface area contributed by atoms with Gasteiger partial charge in [0.2, 0.25) is 0 Å². The number of hydrogen-bond donors (Lipinski definition) is 1. The second-order valence-electron chi connectivity index (χ2n) is 10.6. The molecule has 2 fully saturated rings. The fourth-order valence-corrected chi connectivity index (χ4v) is 5.93. The molecular weight excluding hydrogens is 588 g/mol. The van der Waals surface area contributed by atoms with Gasteiger partial charge in [0.25, 0.3) is 5.91 Å². The normalized spacial score (nSPS) is 17.1. The summed E-state index contributed by atoms with van der Waals surface area (Å²) in [5.41, 5.74) is 2.93. The summed E-state index contributed by atoms with van der Waals surface area (Å²) in [5, 5.41) is 5.16. The summed E-state index contributed by atoms with van der Waals surface area (Å²) in [4.78, 5) is 17.4. The van der Waals surface area contributed by atoms with Gasteiger partial charge in [0.05, 0.1) is 26.7 Å². The number of halogens is 4. The molecule has 2 aliphatic heterocycles. The van der Waals surface area contributed by atoms with Gasteiger partial charge in [0.15, 0.2) is 0 Å². The molecule has 5 rings (SSSR count). The molecule has 2 aliphatic rings. The zero-order chi connectivity index (χ0) is 28.1. The number of likely N-dealkylation sites (tertiary alicyclic amines) is 1. The van der Waals surface area contributed by atoms with Gasteiger partial charge >= 0.3 is 0 Å². The lowest BCUT2D eigenvalue weighted by Crippen LogP contribution is -2.44. The monoisotopic (exact) mass is 619 g/mol. The summed E-state index contributed by atoms with van der Waals surface area (Å²) in [7, 11) is 0. The standard InChI is InChI=1S/C31H33Cl4N3O2/c32-27-7-3-23(17-29(27)34)31(39)36-24-11-13-37(14-12-24)19-21-1-5-26(6-2-21)40-20-22-9-15-38(16-10-22)25-4-8-28(33)30(35)18-25/h1-8,17-18,22,24H,9-16,19-20H2,(H,36,39). The Morgan fingerprint density at radius 2 is 1.43 bits per heavy atom. The lowest BCUT2D eigenvalue weighted by Gasteiger charge is -2.33. The van der Waals surface area contributed by atoms with E-state index in [1.165, 1.54) is 5.56 Å². The van der Waals surface area contributed by atoms with Crippen LogP contribution in [0.5, 0.6) is 5.75 Å². The predicted octanol–water partition coefficient (Wildman–Crippen LogP) is 7.99. The minimum atomic E-state index is -0.107. The van der Waals surface area contributed by atoms with E-state index < -0.39 is 0 Å². The Kier molecular flexibility index (Phi) is 10.0. The van der Waals surface area contributed by atoms with Crippen molar-refractivity contribution in [1.29, 1.82) is 0 Å². The number of carbonyl (C=O) groups is 1. The molecule has 0 aromatic heterocycles. The number of piperidine rings is 2. The van der Waals surface area contributed by atoms with Gasteiger partial charge in [-0.2, -0.15) is 0 Å². The van der Waals surface area contributed by atoms with Gasteiger partial charge in [0.1, 0.15) is 5.75 Å². The Morgan fingerprint density at radius 3 is 2.08 bits per heavy atom. The average molecular weight is 621 g/mol. The lowest BCUT2D eigenvalue weighted by atomic mass is 9.97. The summed E-state index contributed by atoms with van der Waals surface area (Å²) in [5.74, 6) is 1.35. The van der Waals surface area contributed by atoms with Crippen LogP contribution in [0, 0.1) is 5.92 Å². The van der Waals surface area contributed by atoms with Crippen molar-refractivity contribution >= 4 is 58.0 Å². The molecule has 0 unspecified atom stereocenters. The molecule has 0 aliphatic carbocycles. The minimum Gasteiger partial charge on any atom is -0.493 e. The third-order valence-corrected chi connectivity index (χ3v) is 9.28. The third kappa shape index (κ3) is 7.77. The van der Waals surface area contributed by atoms with Gasteiger partial charge in [0, 0.05) is 50.0 Å². The second kappa shape index (κ2) is 13.7. The summed E-state index contributed by atoms with van der Waals surface area (Å²) in [6.07, 6.45) is 4.00. The maximum absolute atomic E-state index is 12.6. The highest BCUT2D eigenvalue weighted by molar-refractivity contribution is 6.42. The Hall–Kier alpha value is -2.15. The Morgan fingerprint density at radius 1 is 0.775 bits per heavy atom. The van der Waals surface area contributed by atoms with Crippen LogP contribution in [0.4, 0.5) is 5.69 Å². The molecule has 1 N–H and O–H groups in total. The molecule has 2 saturated heterocycles. The van der Waals surface area contributed by atoms with E-state index in [0.717, 1.165) is 76.5 Å². The molecule has 0 bridgehead atoms. The predicted molar refractivity (Wildman–Crippen MR) is 166 cm³/mol. The van der Waals surface area contributed by atoms with Crippen LogP contribution < -0.4 is 15.0 Å². The average Bonchev–Trinajstić information content (AvgIpc) is 2.97. The minimum absolute atomic E-state index is 0.107. The Balaban J connectivity index is 1.01. The second-order valence-corrected chi connectivity index (χ2v) is 12.3. The summed E-state index contributed by atoms with van der Waals surface area (Å²) < 4.78 is 6.14. The van der Waals surface area contributed by atoms with E-state index >= 15 is 0 Å². The van der Waals surface area contributed by atoms with Crippen LogP contribution in [0.1, 0.15) is 41.6 Å². The SMILES string of the molecule is O=C(NC1CCN(Cc2ccc(OCC3CCN(c4ccc(Cl)c(Cl)c4)CC3)cc2)CC1)c1ccc(Cl)c(Cl)c1. The van der Waals surface area contributed by atoms with Crippen molar-refractivity contribution in [2.45, 2.75) is 38.3 Å². The quantitative estimate of drug-likeness (QED) is 0.277. The van der Waals surface area contributed by atoms with Gasteiger partial charge in [-0.25, -0.2) is 0 Å². The topological polar surface area (TPSA) is 44.8 Å². The summed E-state index contributed by atoms with van der Waals surface area (Å²) >= 11 is 24.3. The van der Waals surface area contributed by atoms with Crippen LogP contribution in [0.25, 0.3) is 0 Å². The van der Waals surface area contributed by atoms with E-state index in [9.17, 15) is 4.79 Å². The van der Waals surface area contributed by atoms with Gasteiger partial charge in [-0.3, -0.25) is 9.69 Å². The molecule has 3 aromatic rings. The highest BCUT2D eigenvalue weighted by atomic mass is 35.5. The molecule has 40 heavy (non-hydrogen) atoms. The van der Waals surface area contributed by atoms with E-state index in [-0.39, 0.29) is 11.9 Å². The fourth-order valence-electron chi connectivity index (χ4n) is 5.34. The maximum atomic E-state index is 12.6. The number of amides is 1. The van der Waals surface area contributed by atoms with Crippen molar-refractivity contribution in [3.05, 3.63) is 91.9 Å². The number of nitrogens with one attached hydrogen (secondary N) is 1. The molecule has 212 valence electrons. The number of benzene rings is 3. The first-order valence-electron chi connectivity index (χ1n) is 13.7. The third-order valence-electron chi connectivity index (χ3n) is 7.80. The largest absolute Gasteiger partial charge is 0.493 e. The van der Waals surface area contributed by atoms with Crippen LogP contribution in [0.15, 0.2) is 60.7 Å². The van der Waals surface area contributed by atoms with E-state index in [4.69, 9.17) is 51.1 Å². The van der Waals surface area contributed by atoms with E-state index in [1.54, 1.807) is 18.2 Å². The van der Waals surface area contributed by atoms with Crippen molar-refractivity contribution in [3.8, 4) is 5.75 Å². The van der Waals surface area contributed by atoms with Gasteiger partial charge < -0.3 is 15.0 Å². The smallest absolute Gasteiger partial charge is 0.251 e. The first-order chi connectivity index (χ1) is 19.3. The van der Waals surface area contributed by atoms with E-state index in [0.29, 0.717) is 31.6 Å². The summed E-state index contributed by atoms with van der Waals surface area (Å²) in [6, 6.07) is 19.4. The van der Waals surface area contributed by atoms with E-state index in [2.05, 4.69) is 39.4 Å². The van der Waals surface area contributed by atoms with Gasteiger partial charge in [-0.15, -0.1) is 0 Å². The number of carbonyl (C=O) groups excluding carboxylic acids is 1. The van der Waals surface area contributed by atoms with Crippen molar-refractivity contribution in [1.82, 2.24) is 10.2 Å². The molecule has 0 saturated carbocycles. The molecule has 0 atom stereocenters. The fraction of sp³-hybridized carbons (Fsp3) is 0.387. The lowest BCUT2D eigenvalue weighted by molar-refractivity contribution is 0.0909. The molecule has 9 heteroatoms. The highest BCUT2D eigenvalue weighted by Crippen LogP contribution is 2.30. The zero-order valence-electron chi connectivity index (χ0n) is 22.2. The number of ether oxygens (including phenoxy) is 1. The highest BCUT2D eigenvalue weighted by Gasteiger charge is 2.22. The zero-order valence-corrected chi connectivity index (χ0v) is 25.2. The van der Waals surface area contributed by atoms with Gasteiger partial charge in [-0.05, 0) is 85.7 Å². The van der Waals surface area contributed by atoms with Crippen molar-refractivity contribution in [2.75, 3.05) is 37.7 Å². The van der Waals surface area contributed by atoms with Gasteiger partial charge in [-0.1, -0.05) is 58.5 Å². The molecule has 0 radical (unpaired) electrons. The first kappa shape index (κ1) is 29.3. The van der Waals surface area contributed by atoms with Crippen molar-refractivity contribution in [2.24, 2.45) is 5.92 Å². The molecule has 3 aromatic carbocycles. The Bertz CT molecular complexity index is 1300.